The van der Waals surface area contributed by atoms with Crippen molar-refractivity contribution in [3.05, 3.63) is 59.9 Å². The number of carbonyl (C=O) groups excluding carboxylic acids is 1. The lowest BCUT2D eigenvalue weighted by atomic mass is 10.1. The number of phenolic OH excluding ortho intramolecular Hbond substituents is 3. The lowest BCUT2D eigenvalue weighted by Crippen LogP contribution is -1.98. The van der Waals surface area contributed by atoms with E-state index >= 15 is 0 Å². The molecule has 1 aromatic heterocycles. The van der Waals surface area contributed by atoms with Gasteiger partial charge in [0.05, 0.1) is 5.56 Å². The maximum Gasteiger partial charge on any atom is 0.290 e. The molecule has 0 bridgehead atoms. The summed E-state index contributed by atoms with van der Waals surface area (Å²) in [5.74, 6) is -1.64. The van der Waals surface area contributed by atoms with Crippen LogP contribution < -0.4 is 0 Å². The van der Waals surface area contributed by atoms with E-state index in [1.54, 1.807) is 0 Å². The molecule has 0 unspecified atom stereocenters. The van der Waals surface area contributed by atoms with E-state index < -0.39 is 11.7 Å². The molecule has 2 aromatic carbocycles. The Morgan fingerprint density at radius 2 is 1.52 bits per heavy atom. The van der Waals surface area contributed by atoms with Crippen molar-refractivity contribution in [3.8, 4) is 34.3 Å². The molecule has 0 aliphatic rings. The van der Waals surface area contributed by atoms with Gasteiger partial charge in [0.1, 0.15) is 5.75 Å². The minimum absolute atomic E-state index is 0.0316. The number of hydrogen-bond acceptors (Lipinski definition) is 6. The van der Waals surface area contributed by atoms with Crippen LogP contribution in [0.3, 0.4) is 0 Å². The van der Waals surface area contributed by atoms with Crippen LogP contribution in [0, 0.1) is 0 Å². The minimum Gasteiger partial charge on any atom is -0.508 e. The van der Waals surface area contributed by atoms with Crippen molar-refractivity contribution in [2.24, 2.45) is 0 Å². The average Bonchev–Trinajstić information content (AvgIpc) is 2.92. The Balaban J connectivity index is 1.98. The third kappa shape index (κ3) is 2.69. The summed E-state index contributed by atoms with van der Waals surface area (Å²) in [6.45, 7) is 0. The Morgan fingerprint density at radius 1 is 0.826 bits per heavy atom. The normalized spacial score (nSPS) is 10.6. The van der Waals surface area contributed by atoms with Gasteiger partial charge in [-0.1, -0.05) is 6.07 Å². The summed E-state index contributed by atoms with van der Waals surface area (Å²) in [7, 11) is 0. The van der Waals surface area contributed by atoms with Gasteiger partial charge < -0.3 is 24.8 Å². The first-order valence-electron chi connectivity index (χ1n) is 6.64. The Kier molecular flexibility index (Phi) is 3.42. The van der Waals surface area contributed by atoms with E-state index in [9.17, 15) is 25.2 Å². The van der Waals surface area contributed by atoms with Crippen LogP contribution in [0.2, 0.25) is 0 Å². The number of phenols is 3. The summed E-state index contributed by atoms with van der Waals surface area (Å²) >= 11 is 0. The largest absolute Gasteiger partial charge is 0.508 e. The standard InChI is InChI=1S/C17H12O6/c18-11-4-1-9(2-5-11)16(21)15-8-12(17(22)23-15)10-3-6-13(19)14(20)7-10/h1-8,18-20,22H. The number of furan rings is 1. The third-order valence-electron chi connectivity index (χ3n) is 3.35. The molecule has 0 spiro atoms. The highest BCUT2D eigenvalue weighted by Gasteiger charge is 2.19. The fourth-order valence-electron chi connectivity index (χ4n) is 2.15. The molecule has 3 rings (SSSR count). The van der Waals surface area contributed by atoms with Crippen molar-refractivity contribution in [2.75, 3.05) is 0 Å². The number of rotatable bonds is 3. The zero-order chi connectivity index (χ0) is 16.6. The van der Waals surface area contributed by atoms with E-state index in [0.717, 1.165) is 0 Å². The Labute approximate surface area is 130 Å². The molecule has 0 saturated heterocycles. The second-order valence-corrected chi connectivity index (χ2v) is 4.91. The van der Waals surface area contributed by atoms with E-state index in [1.807, 2.05) is 0 Å². The van der Waals surface area contributed by atoms with Crippen molar-refractivity contribution >= 4 is 5.78 Å². The van der Waals surface area contributed by atoms with Crippen LogP contribution in [0.25, 0.3) is 11.1 Å². The van der Waals surface area contributed by atoms with Gasteiger partial charge in [0.2, 0.25) is 5.78 Å². The van der Waals surface area contributed by atoms with Crippen molar-refractivity contribution in [1.82, 2.24) is 0 Å². The van der Waals surface area contributed by atoms with Crippen LogP contribution in [0.1, 0.15) is 16.1 Å². The number of hydrogen-bond donors (Lipinski definition) is 4. The molecule has 0 aliphatic heterocycles. The molecule has 1 heterocycles. The molecule has 0 saturated carbocycles. The highest BCUT2D eigenvalue weighted by Crippen LogP contribution is 2.37. The van der Waals surface area contributed by atoms with Crippen LogP contribution in [0.4, 0.5) is 0 Å². The molecule has 0 atom stereocenters. The Hall–Kier alpha value is -3.41. The second-order valence-electron chi connectivity index (χ2n) is 4.91. The summed E-state index contributed by atoms with van der Waals surface area (Å²) in [4.78, 5) is 12.3. The van der Waals surface area contributed by atoms with Crippen LogP contribution in [0.15, 0.2) is 52.9 Å². The quantitative estimate of drug-likeness (QED) is 0.437. The SMILES string of the molecule is O=C(c1ccc(O)cc1)c1cc(-c2ccc(O)c(O)c2)c(O)o1. The summed E-state index contributed by atoms with van der Waals surface area (Å²) in [5.41, 5.74) is 0.880. The predicted molar refractivity (Wildman–Crippen MR) is 80.7 cm³/mol. The Bertz CT molecular complexity index is 877. The highest BCUT2D eigenvalue weighted by atomic mass is 16.5. The van der Waals surface area contributed by atoms with Crippen LogP contribution in [0.5, 0.6) is 23.2 Å². The fraction of sp³-hybridized carbons (Fsp3) is 0. The van der Waals surface area contributed by atoms with Gasteiger partial charge in [-0.25, -0.2) is 0 Å². The molecule has 3 aromatic rings. The predicted octanol–water partition coefficient (Wildman–Crippen LogP) is 3.00. The molecular weight excluding hydrogens is 300 g/mol. The maximum atomic E-state index is 12.3. The number of carbonyl (C=O) groups is 1. The zero-order valence-electron chi connectivity index (χ0n) is 11.7. The van der Waals surface area contributed by atoms with Crippen LogP contribution in [-0.4, -0.2) is 26.2 Å². The minimum atomic E-state index is -0.475. The summed E-state index contributed by atoms with van der Waals surface area (Å²) in [5, 5.41) is 38.0. The molecule has 0 radical (unpaired) electrons. The molecule has 0 amide bonds. The average molecular weight is 312 g/mol. The first-order valence-corrected chi connectivity index (χ1v) is 6.64. The van der Waals surface area contributed by atoms with E-state index in [1.165, 1.54) is 48.5 Å². The van der Waals surface area contributed by atoms with Crippen molar-refractivity contribution < 1.29 is 29.6 Å². The molecule has 23 heavy (non-hydrogen) atoms. The lowest BCUT2D eigenvalue weighted by Gasteiger charge is -2.00. The molecule has 116 valence electrons. The smallest absolute Gasteiger partial charge is 0.290 e. The lowest BCUT2D eigenvalue weighted by molar-refractivity contribution is 0.100. The van der Waals surface area contributed by atoms with Crippen molar-refractivity contribution in [2.45, 2.75) is 0 Å². The van der Waals surface area contributed by atoms with Gasteiger partial charge in [0.15, 0.2) is 17.3 Å². The number of ketones is 1. The van der Waals surface area contributed by atoms with Crippen LogP contribution in [-0.2, 0) is 0 Å². The van der Waals surface area contributed by atoms with E-state index in [0.29, 0.717) is 5.56 Å². The van der Waals surface area contributed by atoms with Gasteiger partial charge >= 0.3 is 0 Å². The first-order chi connectivity index (χ1) is 11.0. The first kappa shape index (κ1) is 14.5. The Morgan fingerprint density at radius 3 is 2.17 bits per heavy atom. The van der Waals surface area contributed by atoms with Gasteiger partial charge in [-0.2, -0.15) is 0 Å². The summed E-state index contributed by atoms with van der Waals surface area (Å²) < 4.78 is 5.08. The molecule has 0 fully saturated rings. The topological polar surface area (TPSA) is 111 Å². The van der Waals surface area contributed by atoms with Crippen molar-refractivity contribution in [3.63, 3.8) is 0 Å². The summed E-state index contributed by atoms with van der Waals surface area (Å²) in [6, 6.07) is 10.9. The second kappa shape index (κ2) is 5.42. The van der Waals surface area contributed by atoms with E-state index in [-0.39, 0.29) is 34.1 Å². The monoisotopic (exact) mass is 312 g/mol. The van der Waals surface area contributed by atoms with Gasteiger partial charge in [-0.3, -0.25) is 4.79 Å². The van der Waals surface area contributed by atoms with Gasteiger partial charge in [0, 0.05) is 5.56 Å². The maximum absolute atomic E-state index is 12.3. The molecule has 6 heteroatoms. The third-order valence-corrected chi connectivity index (χ3v) is 3.35. The van der Waals surface area contributed by atoms with Gasteiger partial charge in [0.25, 0.3) is 5.95 Å². The van der Waals surface area contributed by atoms with Crippen LogP contribution >= 0.6 is 0 Å². The number of benzene rings is 2. The van der Waals surface area contributed by atoms with E-state index in [4.69, 9.17) is 4.42 Å². The highest BCUT2D eigenvalue weighted by molar-refractivity contribution is 6.08. The van der Waals surface area contributed by atoms with Crippen molar-refractivity contribution in [1.29, 1.82) is 0 Å². The van der Waals surface area contributed by atoms with Gasteiger partial charge in [-0.05, 0) is 48.0 Å². The van der Waals surface area contributed by atoms with Gasteiger partial charge in [-0.15, -0.1) is 0 Å². The molecule has 4 N–H and O–H groups in total. The molecular formula is C17H12O6. The number of aromatic hydroxyl groups is 4. The fourth-order valence-corrected chi connectivity index (χ4v) is 2.15. The molecule has 6 nitrogen and oxygen atoms in total. The molecule has 0 aliphatic carbocycles. The zero-order valence-corrected chi connectivity index (χ0v) is 11.7. The summed E-state index contributed by atoms with van der Waals surface area (Å²) in [6.07, 6.45) is 0. The van der Waals surface area contributed by atoms with E-state index in [2.05, 4.69) is 0 Å².